The van der Waals surface area contributed by atoms with Crippen molar-refractivity contribution in [1.82, 2.24) is 19.7 Å². The third-order valence-corrected chi connectivity index (χ3v) is 8.07. The summed E-state index contributed by atoms with van der Waals surface area (Å²) in [6, 6.07) is 11.2. The summed E-state index contributed by atoms with van der Waals surface area (Å²) < 4.78 is 85.1. The van der Waals surface area contributed by atoms with E-state index in [-0.39, 0.29) is 24.3 Å². The number of ether oxygens (including phenoxy) is 1. The van der Waals surface area contributed by atoms with Crippen LogP contribution in [0, 0.1) is 0 Å². The van der Waals surface area contributed by atoms with E-state index in [4.69, 9.17) is 4.74 Å². The summed E-state index contributed by atoms with van der Waals surface area (Å²) in [7, 11) is 1.23. The average Bonchev–Trinajstić information content (AvgIpc) is 2.99. The molecule has 1 aromatic heterocycles. The molecule has 230 valence electrons. The Balaban J connectivity index is 1.34. The highest BCUT2D eigenvalue weighted by molar-refractivity contribution is 5.95. The SMILES string of the molecule is COc1cc(C(=O)N2CCN(CCN3CCc4ncccc4C3)C[C@H]2Cc2ccc(C(F)(F)F)cc2)cc(C(F)(F)F)c1. The third kappa shape index (κ3) is 7.48. The van der Waals surface area contributed by atoms with Gasteiger partial charge in [-0.2, -0.15) is 26.3 Å². The van der Waals surface area contributed by atoms with Crippen molar-refractivity contribution in [1.29, 1.82) is 0 Å². The van der Waals surface area contributed by atoms with Crippen LogP contribution in [0.2, 0.25) is 0 Å². The van der Waals surface area contributed by atoms with E-state index in [9.17, 15) is 31.1 Å². The number of alkyl halides is 6. The van der Waals surface area contributed by atoms with Gasteiger partial charge in [-0.1, -0.05) is 18.2 Å². The zero-order valence-electron chi connectivity index (χ0n) is 23.6. The second-order valence-corrected chi connectivity index (χ2v) is 10.9. The van der Waals surface area contributed by atoms with Crippen molar-refractivity contribution >= 4 is 5.91 Å². The molecule has 0 bridgehead atoms. The van der Waals surface area contributed by atoms with Crippen LogP contribution in [0.4, 0.5) is 26.3 Å². The number of rotatable bonds is 7. The summed E-state index contributed by atoms with van der Waals surface area (Å²) in [5.41, 5.74) is 0.974. The number of piperazine rings is 1. The number of fused-ring (bicyclic) bond motifs is 1. The Kier molecular flexibility index (Phi) is 8.98. The molecule has 0 N–H and O–H groups in total. The van der Waals surface area contributed by atoms with Crippen molar-refractivity contribution in [2.45, 2.75) is 37.8 Å². The van der Waals surface area contributed by atoms with Gasteiger partial charge in [-0.3, -0.25) is 19.6 Å². The maximum Gasteiger partial charge on any atom is 0.416 e. The molecule has 12 heteroatoms. The first kappa shape index (κ1) is 30.8. The normalized spacial score (nSPS) is 18.4. The maximum absolute atomic E-state index is 13.7. The van der Waals surface area contributed by atoms with Crippen LogP contribution >= 0.6 is 0 Å². The van der Waals surface area contributed by atoms with Crippen LogP contribution in [0.25, 0.3) is 0 Å². The lowest BCUT2D eigenvalue weighted by atomic mass is 9.99. The molecule has 0 aliphatic carbocycles. The third-order valence-electron chi connectivity index (χ3n) is 8.07. The summed E-state index contributed by atoms with van der Waals surface area (Å²) in [5, 5.41) is 0. The summed E-state index contributed by atoms with van der Waals surface area (Å²) in [6.07, 6.45) is -6.25. The quantitative estimate of drug-likeness (QED) is 0.330. The molecule has 0 spiro atoms. The monoisotopic (exact) mass is 606 g/mol. The molecular formula is C31H32F6N4O2. The Bertz CT molecular complexity index is 1430. The largest absolute Gasteiger partial charge is 0.497 e. The number of hydrogen-bond acceptors (Lipinski definition) is 5. The maximum atomic E-state index is 13.7. The van der Waals surface area contributed by atoms with Crippen LogP contribution in [-0.2, 0) is 31.7 Å². The molecular weight excluding hydrogens is 574 g/mol. The first-order valence-corrected chi connectivity index (χ1v) is 14.0. The number of amides is 1. The Morgan fingerprint density at radius 3 is 2.33 bits per heavy atom. The fourth-order valence-corrected chi connectivity index (χ4v) is 5.73. The highest BCUT2D eigenvalue weighted by Crippen LogP contribution is 2.34. The van der Waals surface area contributed by atoms with Gasteiger partial charge in [0.2, 0.25) is 0 Å². The van der Waals surface area contributed by atoms with E-state index in [0.717, 1.165) is 56.0 Å². The molecule has 5 rings (SSSR count). The number of carbonyl (C=O) groups is 1. The van der Waals surface area contributed by atoms with Gasteiger partial charge in [0.15, 0.2) is 0 Å². The number of hydrogen-bond donors (Lipinski definition) is 0. The fraction of sp³-hybridized carbons (Fsp3) is 0.419. The van der Waals surface area contributed by atoms with Crippen LogP contribution < -0.4 is 4.74 Å². The number of halogens is 6. The summed E-state index contributed by atoms with van der Waals surface area (Å²) in [6.45, 7) is 4.34. The summed E-state index contributed by atoms with van der Waals surface area (Å²) in [4.78, 5) is 24.2. The van der Waals surface area contributed by atoms with Gasteiger partial charge < -0.3 is 9.64 Å². The predicted octanol–water partition coefficient (Wildman–Crippen LogP) is 5.56. The Morgan fingerprint density at radius 1 is 0.907 bits per heavy atom. The van der Waals surface area contributed by atoms with Crippen molar-refractivity contribution in [3.63, 3.8) is 0 Å². The number of pyridine rings is 1. The minimum Gasteiger partial charge on any atom is -0.497 e. The Labute approximate surface area is 245 Å². The molecule has 1 saturated heterocycles. The van der Waals surface area contributed by atoms with Gasteiger partial charge in [0.05, 0.1) is 18.2 Å². The number of benzene rings is 2. The topological polar surface area (TPSA) is 48.9 Å². The van der Waals surface area contributed by atoms with Gasteiger partial charge in [0.1, 0.15) is 5.75 Å². The smallest absolute Gasteiger partial charge is 0.416 e. The van der Waals surface area contributed by atoms with Crippen LogP contribution in [0.5, 0.6) is 5.75 Å². The van der Waals surface area contributed by atoms with E-state index in [0.29, 0.717) is 25.2 Å². The zero-order chi connectivity index (χ0) is 30.8. The van der Waals surface area contributed by atoms with Crippen molar-refractivity contribution in [2.24, 2.45) is 0 Å². The minimum absolute atomic E-state index is 0.0885. The lowest BCUT2D eigenvalue weighted by Gasteiger charge is -2.42. The predicted molar refractivity (Wildman–Crippen MR) is 148 cm³/mol. The molecule has 6 nitrogen and oxygen atoms in total. The van der Waals surface area contributed by atoms with Gasteiger partial charge >= 0.3 is 12.4 Å². The molecule has 1 amide bonds. The van der Waals surface area contributed by atoms with Crippen LogP contribution in [0.1, 0.15) is 38.3 Å². The van der Waals surface area contributed by atoms with E-state index in [2.05, 4.69) is 20.9 Å². The number of nitrogens with zero attached hydrogens (tertiary/aromatic N) is 4. The first-order chi connectivity index (χ1) is 20.4. The molecule has 1 atom stereocenters. The van der Waals surface area contributed by atoms with Gasteiger partial charge in [0.25, 0.3) is 5.91 Å². The number of aromatic nitrogens is 1. The second-order valence-electron chi connectivity index (χ2n) is 10.9. The zero-order valence-corrected chi connectivity index (χ0v) is 23.6. The standard InChI is InChI=1S/C31H32F6N4O2/c1-43-27-17-23(16-25(18-27)31(35,36)37)29(42)41-14-13-40(12-11-39-10-8-28-22(19-39)3-2-9-38-28)20-26(41)15-21-4-6-24(7-5-21)30(32,33)34/h2-7,9,16-18,26H,8,10-15,19-20H2,1H3/t26-/m1/s1. The second kappa shape index (κ2) is 12.5. The van der Waals surface area contributed by atoms with Gasteiger partial charge in [0, 0.05) is 75.7 Å². The highest BCUT2D eigenvalue weighted by atomic mass is 19.4. The molecule has 0 saturated carbocycles. The highest BCUT2D eigenvalue weighted by Gasteiger charge is 2.36. The van der Waals surface area contributed by atoms with Gasteiger partial charge in [-0.15, -0.1) is 0 Å². The lowest BCUT2D eigenvalue weighted by molar-refractivity contribution is -0.138. The molecule has 2 aliphatic heterocycles. The summed E-state index contributed by atoms with van der Waals surface area (Å²) in [5.74, 6) is -0.671. The van der Waals surface area contributed by atoms with Crippen molar-refractivity contribution < 1.29 is 35.9 Å². The number of methoxy groups -OCH3 is 1. The van der Waals surface area contributed by atoms with Gasteiger partial charge in [-0.05, 0) is 53.9 Å². The molecule has 2 aliphatic rings. The van der Waals surface area contributed by atoms with E-state index < -0.39 is 35.4 Å². The van der Waals surface area contributed by atoms with E-state index in [1.807, 2.05) is 6.07 Å². The number of carbonyl (C=O) groups excluding carboxylic acids is 1. The van der Waals surface area contributed by atoms with Crippen LogP contribution in [0.15, 0.2) is 60.8 Å². The minimum atomic E-state index is -4.67. The van der Waals surface area contributed by atoms with Gasteiger partial charge in [-0.25, -0.2) is 0 Å². The van der Waals surface area contributed by atoms with Crippen molar-refractivity contribution in [3.8, 4) is 5.75 Å². The Morgan fingerprint density at radius 2 is 1.63 bits per heavy atom. The molecule has 3 aromatic rings. The van der Waals surface area contributed by atoms with Crippen molar-refractivity contribution in [3.05, 3.63) is 94.3 Å². The van der Waals surface area contributed by atoms with Crippen LogP contribution in [0.3, 0.4) is 0 Å². The van der Waals surface area contributed by atoms with E-state index in [1.165, 1.54) is 35.8 Å². The van der Waals surface area contributed by atoms with E-state index in [1.54, 1.807) is 6.20 Å². The Hall–Kier alpha value is -3.64. The lowest BCUT2D eigenvalue weighted by Crippen LogP contribution is -2.57. The van der Waals surface area contributed by atoms with E-state index >= 15 is 0 Å². The first-order valence-electron chi connectivity index (χ1n) is 14.0. The molecule has 43 heavy (non-hydrogen) atoms. The molecule has 1 fully saturated rings. The summed E-state index contributed by atoms with van der Waals surface area (Å²) >= 11 is 0. The molecule has 0 radical (unpaired) electrons. The van der Waals surface area contributed by atoms with Crippen molar-refractivity contribution in [2.75, 3.05) is 46.4 Å². The van der Waals surface area contributed by atoms with Crippen LogP contribution in [-0.4, -0.2) is 78.0 Å². The molecule has 3 heterocycles. The fourth-order valence-electron chi connectivity index (χ4n) is 5.73. The average molecular weight is 607 g/mol. The molecule has 0 unspecified atom stereocenters. The molecule has 2 aromatic carbocycles.